The van der Waals surface area contributed by atoms with E-state index in [1.165, 1.54) is 0 Å². The van der Waals surface area contributed by atoms with Gasteiger partial charge in [-0.1, -0.05) is 42.5 Å². The molecule has 3 aromatic rings. The topological polar surface area (TPSA) is 42.4 Å². The quantitative estimate of drug-likeness (QED) is 0.465. The highest BCUT2D eigenvalue weighted by Crippen LogP contribution is 2.18. The van der Waals surface area contributed by atoms with Gasteiger partial charge in [0.05, 0.1) is 10.7 Å². The van der Waals surface area contributed by atoms with Gasteiger partial charge in [-0.15, -0.1) is 11.3 Å². The van der Waals surface area contributed by atoms with Gasteiger partial charge in [-0.2, -0.15) is 0 Å². The van der Waals surface area contributed by atoms with E-state index < -0.39 is 0 Å². The van der Waals surface area contributed by atoms with Crippen LogP contribution in [0.3, 0.4) is 0 Å². The van der Waals surface area contributed by atoms with Crippen LogP contribution in [0, 0.1) is 6.92 Å². The van der Waals surface area contributed by atoms with Gasteiger partial charge >= 0.3 is 0 Å². The zero-order chi connectivity index (χ0) is 20.6. The zero-order valence-electron chi connectivity index (χ0n) is 17.0. The smallest absolute Gasteiger partial charge is 0.247 e. The van der Waals surface area contributed by atoms with Crippen molar-refractivity contribution in [2.75, 3.05) is 0 Å². The average molecular weight is 407 g/mol. The maximum Gasteiger partial charge on any atom is 0.247 e. The summed E-state index contributed by atoms with van der Waals surface area (Å²) < 4.78 is 5.83. The Morgan fingerprint density at radius 1 is 1.17 bits per heavy atom. The molecule has 4 nitrogen and oxygen atoms in total. The van der Waals surface area contributed by atoms with Crippen molar-refractivity contribution >= 4 is 23.3 Å². The predicted molar refractivity (Wildman–Crippen MR) is 119 cm³/mol. The molecule has 5 heteroatoms. The van der Waals surface area contributed by atoms with Gasteiger partial charge in [0.2, 0.25) is 5.91 Å². The largest absolute Gasteiger partial charge is 0.487 e. The summed E-state index contributed by atoms with van der Waals surface area (Å²) in [5.41, 5.74) is 2.97. The molecule has 3 rings (SSSR count). The van der Waals surface area contributed by atoms with Crippen LogP contribution in [0.25, 0.3) is 6.08 Å². The minimum Gasteiger partial charge on any atom is -0.487 e. The normalized spacial score (nSPS) is 11.2. The molecule has 0 bridgehead atoms. The van der Waals surface area contributed by atoms with Gasteiger partial charge in [-0.25, -0.2) is 4.98 Å². The number of ether oxygens (including phenoxy) is 1. The zero-order valence-corrected chi connectivity index (χ0v) is 17.9. The van der Waals surface area contributed by atoms with Crippen molar-refractivity contribution in [1.82, 2.24) is 9.88 Å². The predicted octanol–water partition coefficient (Wildman–Crippen LogP) is 5.48. The number of thiazole rings is 1. The lowest BCUT2D eigenvalue weighted by molar-refractivity contribution is -0.128. The summed E-state index contributed by atoms with van der Waals surface area (Å²) in [6, 6.07) is 17.9. The molecular formula is C24H26N2O2S. The molecule has 0 fully saturated rings. The van der Waals surface area contributed by atoms with Crippen molar-refractivity contribution in [3.05, 3.63) is 87.9 Å². The first-order chi connectivity index (χ1) is 14.0. The Morgan fingerprint density at radius 3 is 2.66 bits per heavy atom. The number of hydrogen-bond donors (Lipinski definition) is 0. The van der Waals surface area contributed by atoms with E-state index in [2.05, 4.69) is 4.98 Å². The van der Waals surface area contributed by atoms with E-state index in [1.54, 1.807) is 17.4 Å². The first-order valence-corrected chi connectivity index (χ1v) is 10.6. The van der Waals surface area contributed by atoms with E-state index in [0.717, 1.165) is 27.6 Å². The van der Waals surface area contributed by atoms with Gasteiger partial charge < -0.3 is 9.64 Å². The monoisotopic (exact) mass is 406 g/mol. The van der Waals surface area contributed by atoms with Crippen molar-refractivity contribution < 1.29 is 9.53 Å². The molecule has 150 valence electrons. The van der Waals surface area contributed by atoms with Crippen molar-refractivity contribution in [3.8, 4) is 5.75 Å². The summed E-state index contributed by atoms with van der Waals surface area (Å²) in [6.45, 7) is 7.08. The van der Waals surface area contributed by atoms with Crippen LogP contribution in [0.15, 0.2) is 66.1 Å². The van der Waals surface area contributed by atoms with E-state index in [4.69, 9.17) is 4.74 Å². The van der Waals surface area contributed by atoms with E-state index in [-0.39, 0.29) is 11.9 Å². The molecule has 0 aliphatic heterocycles. The fourth-order valence-corrected chi connectivity index (χ4v) is 3.50. The van der Waals surface area contributed by atoms with E-state index in [9.17, 15) is 4.79 Å². The van der Waals surface area contributed by atoms with Crippen LogP contribution in [0.1, 0.15) is 35.7 Å². The number of benzene rings is 2. The fourth-order valence-electron chi connectivity index (χ4n) is 2.90. The highest BCUT2D eigenvalue weighted by atomic mass is 32.1. The standard InChI is InChI=1S/C24H26N2O2S/c1-18(2)26(15-21-8-5-4-6-9-21)24(27)13-12-20-10-7-11-23(14-20)28-16-22-17-29-19(3)25-22/h4-14,17-18H,15-16H2,1-3H3/b13-12-. The number of carbonyl (C=O) groups excluding carboxylic acids is 1. The fraction of sp³-hybridized carbons (Fsp3) is 0.250. The van der Waals surface area contributed by atoms with E-state index >= 15 is 0 Å². The Kier molecular flexibility index (Phi) is 7.19. The summed E-state index contributed by atoms with van der Waals surface area (Å²) in [5.74, 6) is 0.753. The number of hydrogen-bond acceptors (Lipinski definition) is 4. The Bertz CT molecular complexity index is 964. The number of carbonyl (C=O) groups is 1. The Labute approximate surface area is 176 Å². The molecule has 0 atom stereocenters. The molecule has 0 aliphatic carbocycles. The molecule has 0 aliphatic rings. The molecule has 1 heterocycles. The SMILES string of the molecule is Cc1nc(COc2cccc(/C=C\C(=O)N(Cc3ccccc3)C(C)C)c2)cs1. The molecule has 2 aromatic carbocycles. The van der Waals surface area contributed by atoms with Crippen molar-refractivity contribution in [1.29, 1.82) is 0 Å². The molecule has 0 saturated carbocycles. The van der Waals surface area contributed by atoms with Crippen LogP contribution in [0.2, 0.25) is 0 Å². The Hall–Kier alpha value is -2.92. The molecule has 29 heavy (non-hydrogen) atoms. The number of aryl methyl sites for hydroxylation is 1. The van der Waals surface area contributed by atoms with Crippen LogP contribution in [0.4, 0.5) is 0 Å². The number of nitrogens with zero attached hydrogens (tertiary/aromatic N) is 2. The number of aromatic nitrogens is 1. The molecule has 1 amide bonds. The average Bonchev–Trinajstić information content (AvgIpc) is 3.15. The van der Waals surface area contributed by atoms with Gasteiger partial charge in [0.1, 0.15) is 12.4 Å². The lowest BCUT2D eigenvalue weighted by Gasteiger charge is -2.25. The van der Waals surface area contributed by atoms with Crippen molar-refractivity contribution in [2.45, 2.75) is 40.0 Å². The lowest BCUT2D eigenvalue weighted by Crippen LogP contribution is -2.35. The van der Waals surface area contributed by atoms with Crippen LogP contribution >= 0.6 is 11.3 Å². The maximum absolute atomic E-state index is 12.8. The maximum atomic E-state index is 12.8. The highest BCUT2D eigenvalue weighted by molar-refractivity contribution is 7.09. The van der Waals surface area contributed by atoms with Crippen molar-refractivity contribution in [2.24, 2.45) is 0 Å². The summed E-state index contributed by atoms with van der Waals surface area (Å²) in [7, 11) is 0. The second-order valence-corrected chi connectivity index (χ2v) is 8.16. The summed E-state index contributed by atoms with van der Waals surface area (Å²) in [5, 5.41) is 3.04. The first-order valence-electron chi connectivity index (χ1n) is 9.68. The van der Waals surface area contributed by atoms with Gasteiger partial charge in [0.15, 0.2) is 0 Å². The molecule has 0 N–H and O–H groups in total. The third-order valence-corrected chi connectivity index (χ3v) is 5.25. The lowest BCUT2D eigenvalue weighted by atomic mass is 10.1. The van der Waals surface area contributed by atoms with Crippen LogP contribution < -0.4 is 4.74 Å². The van der Waals surface area contributed by atoms with Crippen LogP contribution in [-0.2, 0) is 17.9 Å². The second-order valence-electron chi connectivity index (χ2n) is 7.10. The summed E-state index contributed by atoms with van der Waals surface area (Å²) in [4.78, 5) is 19.0. The molecular weight excluding hydrogens is 380 g/mol. The third kappa shape index (κ3) is 6.29. The van der Waals surface area contributed by atoms with Gasteiger partial charge in [-0.05, 0) is 50.1 Å². The summed E-state index contributed by atoms with van der Waals surface area (Å²) in [6.07, 6.45) is 3.47. The third-order valence-electron chi connectivity index (χ3n) is 4.43. The van der Waals surface area contributed by atoms with E-state index in [1.807, 2.05) is 91.7 Å². The van der Waals surface area contributed by atoms with E-state index in [0.29, 0.717) is 13.2 Å². The molecule has 0 radical (unpaired) electrons. The van der Waals surface area contributed by atoms with Crippen LogP contribution in [-0.4, -0.2) is 21.8 Å². The Balaban J connectivity index is 1.63. The number of rotatable bonds is 8. The Morgan fingerprint density at radius 2 is 1.97 bits per heavy atom. The summed E-state index contributed by atoms with van der Waals surface area (Å²) >= 11 is 1.61. The molecule has 0 spiro atoms. The second kappa shape index (κ2) is 10.0. The highest BCUT2D eigenvalue weighted by Gasteiger charge is 2.14. The van der Waals surface area contributed by atoms with Crippen LogP contribution in [0.5, 0.6) is 5.75 Å². The molecule has 1 aromatic heterocycles. The molecule has 0 saturated heterocycles. The minimum absolute atomic E-state index is 0.00637. The first kappa shape index (κ1) is 20.8. The minimum atomic E-state index is -0.00637. The number of amides is 1. The van der Waals surface area contributed by atoms with Crippen molar-refractivity contribution in [3.63, 3.8) is 0 Å². The van der Waals surface area contributed by atoms with Gasteiger partial charge in [0, 0.05) is 24.0 Å². The van der Waals surface area contributed by atoms with Gasteiger partial charge in [0.25, 0.3) is 0 Å². The molecule has 0 unspecified atom stereocenters. The van der Waals surface area contributed by atoms with Gasteiger partial charge in [-0.3, -0.25) is 4.79 Å².